The number of carbonyl (C=O) groups is 2. The molecule has 0 unspecified atom stereocenters. The second-order valence-electron chi connectivity index (χ2n) is 19.2. The summed E-state index contributed by atoms with van der Waals surface area (Å²) in [6, 6.07) is 0. The summed E-state index contributed by atoms with van der Waals surface area (Å²) in [5, 5.41) is 0. The van der Waals surface area contributed by atoms with Crippen molar-refractivity contribution in [2.24, 2.45) is 0 Å². The Morgan fingerprint density at radius 3 is 0.943 bits per heavy atom. The maximum atomic E-state index is 12.7. The lowest BCUT2D eigenvalue weighted by Crippen LogP contribution is -2.29. The first-order valence-corrected chi connectivity index (χ1v) is 29.4. The van der Waals surface area contributed by atoms with Crippen LogP contribution < -0.4 is 0 Å². The van der Waals surface area contributed by atoms with Gasteiger partial charge in [0.05, 0.1) is 0 Å². The third kappa shape index (κ3) is 57.1. The number of allylic oxidation sites excluding steroid dienone is 18. The van der Waals surface area contributed by atoms with Crippen LogP contribution in [0.5, 0.6) is 0 Å². The molecule has 400 valence electrons. The van der Waals surface area contributed by atoms with Gasteiger partial charge in [-0.3, -0.25) is 9.59 Å². The first kappa shape index (κ1) is 66.6. The Morgan fingerprint density at radius 1 is 0.300 bits per heavy atom. The minimum atomic E-state index is -0.449. The molecular formula is C65H110O5. The highest BCUT2D eigenvalue weighted by Crippen LogP contribution is 2.15. The summed E-state index contributed by atoms with van der Waals surface area (Å²) in [4.78, 5) is 25.3. The summed E-state index contributed by atoms with van der Waals surface area (Å²) in [6.45, 7) is 7.57. The van der Waals surface area contributed by atoms with Crippen LogP contribution in [-0.4, -0.2) is 37.9 Å². The number of ether oxygens (including phenoxy) is 3. The molecule has 70 heavy (non-hydrogen) atoms. The molecule has 1 atom stereocenters. The molecule has 0 aromatic rings. The van der Waals surface area contributed by atoms with Crippen LogP contribution >= 0.6 is 0 Å². The molecule has 0 amide bonds. The zero-order valence-corrected chi connectivity index (χ0v) is 46.0. The molecule has 0 saturated heterocycles. The number of carbonyl (C=O) groups excluding carboxylic acids is 2. The number of rotatable bonds is 53. The summed E-state index contributed by atoms with van der Waals surface area (Å²) >= 11 is 0. The van der Waals surface area contributed by atoms with Crippen molar-refractivity contribution in [1.29, 1.82) is 0 Å². The Morgan fingerprint density at radius 2 is 0.571 bits per heavy atom. The van der Waals surface area contributed by atoms with Crippen LogP contribution in [0.4, 0.5) is 0 Å². The molecule has 0 heterocycles. The van der Waals surface area contributed by atoms with Crippen LogP contribution in [0.1, 0.15) is 265 Å². The fourth-order valence-electron chi connectivity index (χ4n) is 7.86. The second-order valence-corrected chi connectivity index (χ2v) is 19.2. The van der Waals surface area contributed by atoms with E-state index < -0.39 is 6.10 Å². The van der Waals surface area contributed by atoms with Gasteiger partial charge in [0.25, 0.3) is 0 Å². The average molecular weight is 972 g/mol. The van der Waals surface area contributed by atoms with Crippen molar-refractivity contribution in [3.63, 3.8) is 0 Å². The van der Waals surface area contributed by atoms with Crippen molar-refractivity contribution in [1.82, 2.24) is 0 Å². The van der Waals surface area contributed by atoms with Gasteiger partial charge in [0.15, 0.2) is 0 Å². The summed E-state index contributed by atoms with van der Waals surface area (Å²) in [7, 11) is 0. The Labute approximate surface area is 434 Å². The summed E-state index contributed by atoms with van der Waals surface area (Å²) in [5.74, 6) is -0.460. The van der Waals surface area contributed by atoms with Gasteiger partial charge in [0, 0.05) is 19.4 Å². The summed E-state index contributed by atoms with van der Waals surface area (Å²) in [5.41, 5.74) is 0. The highest BCUT2D eigenvalue weighted by atomic mass is 16.6. The van der Waals surface area contributed by atoms with Crippen LogP contribution in [0.3, 0.4) is 0 Å². The Kier molecular flexibility index (Phi) is 56.9. The first-order chi connectivity index (χ1) is 34.6. The number of esters is 2. The molecule has 0 aliphatic rings. The van der Waals surface area contributed by atoms with Gasteiger partial charge in [-0.1, -0.05) is 259 Å². The molecule has 5 heteroatoms. The molecule has 0 radical (unpaired) electrons. The normalized spacial score (nSPS) is 13.0. The van der Waals surface area contributed by atoms with E-state index in [1.54, 1.807) is 0 Å². The maximum absolute atomic E-state index is 12.7. The molecule has 0 N–H and O–H groups in total. The average Bonchev–Trinajstić information content (AvgIpc) is 3.36. The lowest BCUT2D eigenvalue weighted by Gasteiger charge is -2.18. The van der Waals surface area contributed by atoms with Crippen LogP contribution in [0.25, 0.3) is 0 Å². The van der Waals surface area contributed by atoms with Gasteiger partial charge in [0.2, 0.25) is 0 Å². The predicted octanol–water partition coefficient (Wildman–Crippen LogP) is 20.3. The standard InChI is InChI=1S/C65H110O5/c1-4-7-10-13-16-19-22-25-28-31-33-35-37-40-43-46-49-52-55-58-64(66)69-61-63(68-60-57-54-51-48-45-42-39-30-27-24-21-18-15-12-9-6-3)62-70-65(67)59-56-53-50-47-44-41-38-36-34-32-29-26-23-20-17-14-11-8-5-2/h16-17,19-20,25-26,28-29,33-36,40-41,43-44,49,52,63H,4-15,18,21-24,27,30-32,37-39,42,45-48,50-51,53-62H2,1-3H3/b19-16-,20-17-,28-25-,29-26-,35-33-,36-34-,43-40-,44-41-,52-49-/t63-/m1/s1. The molecule has 0 saturated carbocycles. The molecule has 0 bridgehead atoms. The van der Waals surface area contributed by atoms with Crippen molar-refractivity contribution in [3.05, 3.63) is 109 Å². The van der Waals surface area contributed by atoms with Gasteiger partial charge >= 0.3 is 11.9 Å². The van der Waals surface area contributed by atoms with Crippen molar-refractivity contribution in [2.45, 2.75) is 271 Å². The lowest BCUT2D eigenvalue weighted by atomic mass is 10.0. The van der Waals surface area contributed by atoms with E-state index in [9.17, 15) is 9.59 Å². The van der Waals surface area contributed by atoms with Gasteiger partial charge in [0.1, 0.15) is 19.3 Å². The monoisotopic (exact) mass is 971 g/mol. The largest absolute Gasteiger partial charge is 0.463 e. The van der Waals surface area contributed by atoms with E-state index >= 15 is 0 Å². The van der Waals surface area contributed by atoms with Gasteiger partial charge in [-0.2, -0.15) is 0 Å². The van der Waals surface area contributed by atoms with E-state index in [0.29, 0.717) is 25.9 Å². The van der Waals surface area contributed by atoms with Crippen LogP contribution in [0.15, 0.2) is 109 Å². The van der Waals surface area contributed by atoms with E-state index in [-0.39, 0.29) is 25.2 Å². The van der Waals surface area contributed by atoms with E-state index in [2.05, 4.69) is 124 Å². The third-order valence-electron chi connectivity index (χ3n) is 12.3. The van der Waals surface area contributed by atoms with Gasteiger partial charge in [-0.05, 0) is 103 Å². The van der Waals surface area contributed by atoms with E-state index in [4.69, 9.17) is 14.2 Å². The fraction of sp³-hybridized carbons (Fsp3) is 0.692. The zero-order valence-electron chi connectivity index (χ0n) is 46.0. The van der Waals surface area contributed by atoms with Crippen LogP contribution in [0.2, 0.25) is 0 Å². The number of hydrogen-bond donors (Lipinski definition) is 0. The fourth-order valence-corrected chi connectivity index (χ4v) is 7.86. The number of hydrogen-bond acceptors (Lipinski definition) is 5. The summed E-state index contributed by atoms with van der Waals surface area (Å²) in [6.07, 6.45) is 82.8. The number of unbranched alkanes of at least 4 members (excludes halogenated alkanes) is 24. The van der Waals surface area contributed by atoms with Crippen molar-refractivity contribution < 1.29 is 23.8 Å². The minimum Gasteiger partial charge on any atom is -0.463 e. The quantitative estimate of drug-likeness (QED) is 0.0345. The van der Waals surface area contributed by atoms with E-state index in [1.807, 2.05) is 6.08 Å². The molecule has 5 nitrogen and oxygen atoms in total. The van der Waals surface area contributed by atoms with E-state index in [0.717, 1.165) is 83.5 Å². The Bertz CT molecular complexity index is 1380. The maximum Gasteiger partial charge on any atom is 0.306 e. The molecule has 0 aromatic carbocycles. The molecule has 0 fully saturated rings. The SMILES string of the molecule is CCCCC/C=C\C/C=C\C/C=C\C/C=C\C/C=C\CCC(=O)OC[C@H](COC(=O)CCCCC/C=C\C/C=C\C/C=C\C/C=C\CCCCC)OCCCCCCCCCCCCCCCCCC. The van der Waals surface area contributed by atoms with Crippen molar-refractivity contribution >= 4 is 11.9 Å². The molecule has 0 spiro atoms. The van der Waals surface area contributed by atoms with Gasteiger partial charge in [-0.25, -0.2) is 0 Å². The van der Waals surface area contributed by atoms with Crippen LogP contribution in [0, 0.1) is 0 Å². The van der Waals surface area contributed by atoms with Crippen molar-refractivity contribution in [2.75, 3.05) is 19.8 Å². The Hall–Kier alpha value is -3.44. The lowest BCUT2D eigenvalue weighted by molar-refractivity contribution is -0.155. The topological polar surface area (TPSA) is 61.8 Å². The van der Waals surface area contributed by atoms with Gasteiger partial charge < -0.3 is 14.2 Å². The van der Waals surface area contributed by atoms with E-state index in [1.165, 1.54) is 141 Å². The van der Waals surface area contributed by atoms with Crippen molar-refractivity contribution in [3.8, 4) is 0 Å². The minimum absolute atomic E-state index is 0.103. The molecule has 0 aromatic heterocycles. The van der Waals surface area contributed by atoms with Crippen LogP contribution in [-0.2, 0) is 23.8 Å². The highest BCUT2D eigenvalue weighted by Gasteiger charge is 2.16. The molecular weight excluding hydrogens is 861 g/mol. The summed E-state index contributed by atoms with van der Waals surface area (Å²) < 4.78 is 17.4. The second kappa shape index (κ2) is 59.9. The Balaban J connectivity index is 4.44. The molecule has 0 aliphatic heterocycles. The highest BCUT2D eigenvalue weighted by molar-refractivity contribution is 5.70. The molecule has 0 rings (SSSR count). The predicted molar refractivity (Wildman–Crippen MR) is 306 cm³/mol. The smallest absolute Gasteiger partial charge is 0.306 e. The third-order valence-corrected chi connectivity index (χ3v) is 12.3. The molecule has 0 aliphatic carbocycles. The first-order valence-electron chi connectivity index (χ1n) is 29.4. The zero-order chi connectivity index (χ0) is 50.6. The van der Waals surface area contributed by atoms with Gasteiger partial charge in [-0.15, -0.1) is 0 Å².